The van der Waals surface area contributed by atoms with Gasteiger partial charge in [0, 0.05) is 24.7 Å². The summed E-state index contributed by atoms with van der Waals surface area (Å²) in [4.78, 5) is 25.0. The number of hydrogen-bond donors (Lipinski definition) is 1. The van der Waals surface area contributed by atoms with Crippen LogP contribution in [0.4, 0.5) is 0 Å². The van der Waals surface area contributed by atoms with Crippen LogP contribution < -0.4 is 0 Å². The zero-order valence-corrected chi connectivity index (χ0v) is 12.7. The summed E-state index contributed by atoms with van der Waals surface area (Å²) in [5.41, 5.74) is 2.21. The lowest BCUT2D eigenvalue weighted by atomic mass is 10.00. The first kappa shape index (κ1) is 15.3. The second-order valence-corrected chi connectivity index (χ2v) is 5.69. The van der Waals surface area contributed by atoms with E-state index in [1.54, 1.807) is 17.0 Å². The van der Waals surface area contributed by atoms with Crippen LogP contribution in [0.5, 0.6) is 0 Å². The summed E-state index contributed by atoms with van der Waals surface area (Å²) in [6.45, 7) is 3.93. The minimum absolute atomic E-state index is 0.00234. The number of carbonyl (C=O) groups is 2. The highest BCUT2D eigenvalue weighted by Gasteiger charge is 2.33. The summed E-state index contributed by atoms with van der Waals surface area (Å²) in [6.07, 6.45) is 5.00. The lowest BCUT2D eigenvalue weighted by molar-refractivity contribution is -0.131. The monoisotopic (exact) mass is 287 g/mol. The highest BCUT2D eigenvalue weighted by atomic mass is 16.4. The molecule has 1 atom stereocenters. The molecule has 1 aliphatic carbocycles. The van der Waals surface area contributed by atoms with E-state index in [0.29, 0.717) is 11.5 Å². The number of hydrogen-bond acceptors (Lipinski definition) is 2. The number of amides is 1. The topological polar surface area (TPSA) is 57.6 Å². The van der Waals surface area contributed by atoms with Crippen LogP contribution in [0.1, 0.15) is 41.3 Å². The van der Waals surface area contributed by atoms with Gasteiger partial charge in [-0.05, 0) is 55.9 Å². The van der Waals surface area contributed by atoms with Gasteiger partial charge in [-0.2, -0.15) is 0 Å². The first-order valence-corrected chi connectivity index (χ1v) is 7.19. The Bertz CT molecular complexity index is 588. The SMILES string of the molecule is Cc1c(C=CC(=O)O)cccc1C(=O)N(C)C(C)C1CC1. The predicted octanol–water partition coefficient (Wildman–Crippen LogP) is 2.96. The summed E-state index contributed by atoms with van der Waals surface area (Å²) >= 11 is 0. The van der Waals surface area contributed by atoms with Crippen LogP contribution in [0.3, 0.4) is 0 Å². The van der Waals surface area contributed by atoms with Crippen molar-refractivity contribution in [1.82, 2.24) is 4.90 Å². The van der Waals surface area contributed by atoms with Crippen molar-refractivity contribution in [1.29, 1.82) is 0 Å². The van der Waals surface area contributed by atoms with Gasteiger partial charge in [-0.25, -0.2) is 4.79 Å². The summed E-state index contributed by atoms with van der Waals surface area (Å²) in [7, 11) is 1.84. The summed E-state index contributed by atoms with van der Waals surface area (Å²) in [6, 6.07) is 5.65. The van der Waals surface area contributed by atoms with Crippen molar-refractivity contribution >= 4 is 18.0 Å². The van der Waals surface area contributed by atoms with Crippen molar-refractivity contribution in [2.24, 2.45) is 5.92 Å². The maximum Gasteiger partial charge on any atom is 0.328 e. The number of carboxylic acid groups (broad SMARTS) is 1. The Morgan fingerprint density at radius 1 is 1.38 bits per heavy atom. The average molecular weight is 287 g/mol. The zero-order chi connectivity index (χ0) is 15.6. The van der Waals surface area contributed by atoms with Gasteiger partial charge in [0.1, 0.15) is 0 Å². The molecule has 1 N–H and O–H groups in total. The molecule has 0 saturated heterocycles. The molecule has 21 heavy (non-hydrogen) atoms. The number of rotatable bonds is 5. The molecule has 1 saturated carbocycles. The van der Waals surface area contributed by atoms with Crippen LogP contribution in [0.2, 0.25) is 0 Å². The molecule has 4 heteroatoms. The number of aliphatic carboxylic acids is 1. The first-order chi connectivity index (χ1) is 9.91. The van der Waals surface area contributed by atoms with Crippen LogP contribution in [-0.4, -0.2) is 35.0 Å². The van der Waals surface area contributed by atoms with Crippen LogP contribution >= 0.6 is 0 Å². The standard InChI is InChI=1S/C17H21NO3/c1-11-13(9-10-16(19)20)5-4-6-15(11)17(21)18(3)12(2)14-7-8-14/h4-6,9-10,12,14H,7-8H2,1-3H3,(H,19,20). The molecule has 4 nitrogen and oxygen atoms in total. The number of carboxylic acids is 1. The van der Waals surface area contributed by atoms with E-state index >= 15 is 0 Å². The van der Waals surface area contributed by atoms with Crippen LogP contribution in [-0.2, 0) is 4.79 Å². The summed E-state index contributed by atoms with van der Waals surface area (Å²) in [5.74, 6) is -0.377. The molecular weight excluding hydrogens is 266 g/mol. The van der Waals surface area contributed by atoms with E-state index in [1.807, 2.05) is 20.0 Å². The fraction of sp³-hybridized carbons (Fsp3) is 0.412. The fourth-order valence-electron chi connectivity index (χ4n) is 2.50. The van der Waals surface area contributed by atoms with Gasteiger partial charge >= 0.3 is 5.97 Å². The van der Waals surface area contributed by atoms with Crippen molar-refractivity contribution in [2.45, 2.75) is 32.7 Å². The predicted molar refractivity (Wildman–Crippen MR) is 82.1 cm³/mol. The van der Waals surface area contributed by atoms with Crippen molar-refractivity contribution in [3.8, 4) is 0 Å². The van der Waals surface area contributed by atoms with E-state index in [0.717, 1.165) is 17.2 Å². The van der Waals surface area contributed by atoms with Gasteiger partial charge in [-0.3, -0.25) is 4.79 Å². The molecule has 2 rings (SSSR count). The molecule has 0 radical (unpaired) electrons. The third-order valence-corrected chi connectivity index (χ3v) is 4.25. The Labute approximate surface area is 125 Å². The summed E-state index contributed by atoms with van der Waals surface area (Å²) < 4.78 is 0. The maximum atomic E-state index is 12.6. The van der Waals surface area contributed by atoms with E-state index in [9.17, 15) is 9.59 Å². The zero-order valence-electron chi connectivity index (χ0n) is 12.7. The highest BCUT2D eigenvalue weighted by Crippen LogP contribution is 2.35. The number of nitrogens with zero attached hydrogens (tertiary/aromatic N) is 1. The third kappa shape index (κ3) is 3.51. The molecule has 1 fully saturated rings. The van der Waals surface area contributed by atoms with Crippen LogP contribution in [0, 0.1) is 12.8 Å². The second-order valence-electron chi connectivity index (χ2n) is 5.69. The molecule has 1 amide bonds. The van der Waals surface area contributed by atoms with Gasteiger partial charge in [0.05, 0.1) is 0 Å². The van der Waals surface area contributed by atoms with E-state index in [2.05, 4.69) is 6.92 Å². The van der Waals surface area contributed by atoms with Crippen molar-refractivity contribution in [2.75, 3.05) is 7.05 Å². The van der Waals surface area contributed by atoms with Gasteiger partial charge in [-0.15, -0.1) is 0 Å². The quantitative estimate of drug-likeness (QED) is 0.847. The van der Waals surface area contributed by atoms with E-state index < -0.39 is 5.97 Å². The molecule has 0 heterocycles. The molecular formula is C17H21NO3. The lowest BCUT2D eigenvalue weighted by Gasteiger charge is -2.26. The molecule has 112 valence electrons. The summed E-state index contributed by atoms with van der Waals surface area (Å²) in [5, 5.41) is 8.71. The van der Waals surface area contributed by atoms with Crippen molar-refractivity contribution in [3.05, 3.63) is 41.0 Å². The van der Waals surface area contributed by atoms with Crippen LogP contribution in [0.15, 0.2) is 24.3 Å². The smallest absolute Gasteiger partial charge is 0.328 e. The lowest BCUT2D eigenvalue weighted by Crippen LogP contribution is -2.36. The van der Waals surface area contributed by atoms with Gasteiger partial charge in [0.2, 0.25) is 0 Å². The Morgan fingerprint density at radius 3 is 2.62 bits per heavy atom. The molecule has 0 spiro atoms. The van der Waals surface area contributed by atoms with Crippen LogP contribution in [0.25, 0.3) is 6.08 Å². The van der Waals surface area contributed by atoms with Gasteiger partial charge in [0.25, 0.3) is 5.91 Å². The molecule has 1 unspecified atom stereocenters. The largest absolute Gasteiger partial charge is 0.478 e. The van der Waals surface area contributed by atoms with Gasteiger partial charge in [-0.1, -0.05) is 12.1 Å². The average Bonchev–Trinajstić information content (AvgIpc) is 3.28. The molecule has 0 bridgehead atoms. The second kappa shape index (κ2) is 6.12. The molecule has 0 aromatic heterocycles. The molecule has 1 aliphatic rings. The number of carbonyl (C=O) groups excluding carboxylic acids is 1. The maximum absolute atomic E-state index is 12.6. The minimum atomic E-state index is -0.995. The van der Waals surface area contributed by atoms with Gasteiger partial charge < -0.3 is 10.0 Å². The minimum Gasteiger partial charge on any atom is -0.478 e. The van der Waals surface area contributed by atoms with E-state index in [1.165, 1.54) is 18.9 Å². The van der Waals surface area contributed by atoms with Crippen molar-refractivity contribution < 1.29 is 14.7 Å². The number of benzene rings is 1. The molecule has 1 aromatic rings. The Hall–Kier alpha value is -2.10. The molecule has 1 aromatic carbocycles. The molecule has 0 aliphatic heterocycles. The Kier molecular flexibility index (Phi) is 4.46. The van der Waals surface area contributed by atoms with E-state index in [-0.39, 0.29) is 11.9 Å². The van der Waals surface area contributed by atoms with Crippen molar-refractivity contribution in [3.63, 3.8) is 0 Å². The van der Waals surface area contributed by atoms with Gasteiger partial charge in [0.15, 0.2) is 0 Å². The third-order valence-electron chi connectivity index (χ3n) is 4.25. The fourth-order valence-corrected chi connectivity index (χ4v) is 2.50. The normalized spacial score (nSPS) is 16.0. The Morgan fingerprint density at radius 2 is 2.05 bits per heavy atom. The highest BCUT2D eigenvalue weighted by molar-refractivity contribution is 5.97. The van der Waals surface area contributed by atoms with E-state index in [4.69, 9.17) is 5.11 Å². The first-order valence-electron chi connectivity index (χ1n) is 7.19. The Balaban J connectivity index is 2.24.